The molecule has 0 saturated heterocycles. The van der Waals surface area contributed by atoms with Crippen molar-refractivity contribution in [3.8, 4) is 0 Å². The van der Waals surface area contributed by atoms with Crippen molar-refractivity contribution in [2.75, 3.05) is 0 Å². The molecule has 0 aliphatic rings. The van der Waals surface area contributed by atoms with E-state index < -0.39 is 14.0 Å². The summed E-state index contributed by atoms with van der Waals surface area (Å²) in [5.74, 6) is 0. The monoisotopic (exact) mass is 243 g/mol. The van der Waals surface area contributed by atoms with Crippen LogP contribution in [0.4, 0.5) is 4.79 Å². The molecule has 0 amide bonds. The van der Waals surface area contributed by atoms with Crippen LogP contribution in [0.25, 0.3) is 0 Å². The van der Waals surface area contributed by atoms with Gasteiger partial charge in [0.1, 0.15) is 0 Å². The maximum Gasteiger partial charge on any atom is 2.00 e. The largest absolute Gasteiger partial charge is 2.00 e. The molecule has 0 aromatic heterocycles. The first-order valence-electron chi connectivity index (χ1n) is 1.34. The second kappa shape index (κ2) is 7.96. The number of hydrogen-bond donors (Lipinski definition) is 0. The van der Waals surface area contributed by atoms with E-state index >= 15 is 0 Å². The van der Waals surface area contributed by atoms with Crippen molar-refractivity contribution in [1.82, 2.24) is 0 Å². The van der Waals surface area contributed by atoms with Crippen LogP contribution in [0.5, 0.6) is 0 Å². The van der Waals surface area contributed by atoms with Crippen molar-refractivity contribution in [3.05, 3.63) is 0 Å². The molecule has 10 heavy (non-hydrogen) atoms. The molecule has 0 saturated carbocycles. The predicted molar refractivity (Wildman–Crippen MR) is 18.8 cm³/mol. The molecule has 0 unspecified atom stereocenters. The van der Waals surface area contributed by atoms with Crippen molar-refractivity contribution in [3.63, 3.8) is 0 Å². The first kappa shape index (κ1) is 17.1. The van der Waals surface area contributed by atoms with E-state index in [-0.39, 0.29) is 45.5 Å². The predicted octanol–water partition coefficient (Wildman–Crippen LogP) is -5.65. The number of hydrogen-bond acceptors (Lipinski definition) is 7. The van der Waals surface area contributed by atoms with Crippen LogP contribution < -0.4 is 24.9 Å². The Bertz CT molecular complexity index is 113. The van der Waals surface area contributed by atoms with E-state index in [0.717, 1.165) is 0 Å². The quantitative estimate of drug-likeness (QED) is 0.303. The number of phosphoric acid groups is 1. The molecule has 0 aromatic rings. The average Bonchev–Trinajstić information content (AvgIpc) is 1.19. The van der Waals surface area contributed by atoms with Gasteiger partial charge in [-0.25, -0.2) is 0 Å². The van der Waals surface area contributed by atoms with Gasteiger partial charge in [-0.1, -0.05) is 0 Å². The Morgan fingerprint density at radius 2 is 1.10 bits per heavy atom. The molecule has 0 radical (unpaired) electrons. The number of rotatable bonds is 0. The standard InChI is InChI=1S/CH2O3.H3O4P.Sr/c2-1(3)4;1-5(2,3)4;/h(H2,2,3,4);(H3,1,2,3,4);/q;;+2/p-5. The van der Waals surface area contributed by atoms with Crippen LogP contribution >= 0.6 is 7.82 Å². The summed E-state index contributed by atoms with van der Waals surface area (Å²) < 4.78 is 8.55. The van der Waals surface area contributed by atoms with Crippen molar-refractivity contribution >= 4 is 59.5 Å². The smallest absolute Gasteiger partial charge is 0.822 e. The Morgan fingerprint density at radius 3 is 1.10 bits per heavy atom. The summed E-state index contributed by atoms with van der Waals surface area (Å²) in [4.78, 5) is 34.0. The van der Waals surface area contributed by atoms with Crippen molar-refractivity contribution in [1.29, 1.82) is 0 Å². The summed E-state index contributed by atoms with van der Waals surface area (Å²) in [6.45, 7) is 0. The summed E-state index contributed by atoms with van der Waals surface area (Å²) >= 11 is 0. The Kier molecular flexibility index (Phi) is 13.6. The molecule has 0 heterocycles. The van der Waals surface area contributed by atoms with E-state index in [2.05, 4.69) is 0 Å². The molecule has 0 atom stereocenters. The fourth-order valence-corrected chi connectivity index (χ4v) is 0. The van der Waals surface area contributed by atoms with Crippen LogP contribution in [0.15, 0.2) is 0 Å². The maximum atomic E-state index is 8.55. The van der Waals surface area contributed by atoms with E-state index in [1.807, 2.05) is 0 Å². The van der Waals surface area contributed by atoms with E-state index in [9.17, 15) is 0 Å². The van der Waals surface area contributed by atoms with E-state index in [1.54, 1.807) is 0 Å². The van der Waals surface area contributed by atoms with E-state index in [4.69, 9.17) is 34.3 Å². The molecular weight excluding hydrogens is 243 g/mol. The topological polar surface area (TPSA) is 149 Å². The van der Waals surface area contributed by atoms with Gasteiger partial charge in [-0.15, -0.1) is 0 Å². The summed E-state index contributed by atoms with van der Waals surface area (Å²) in [5.41, 5.74) is 0. The summed E-state index contributed by atoms with van der Waals surface area (Å²) in [7, 11) is -5.39. The summed E-state index contributed by atoms with van der Waals surface area (Å²) in [6.07, 6.45) is -2.33. The molecule has 0 spiro atoms. The SMILES string of the molecule is O=C([O-])[O-].O=P([O-])([O-])[O-].[Sr+2]. The first-order valence-corrected chi connectivity index (χ1v) is 2.80. The van der Waals surface area contributed by atoms with Gasteiger partial charge in [-0.3, -0.25) is 0 Å². The van der Waals surface area contributed by atoms with Crippen LogP contribution in [0.3, 0.4) is 0 Å². The van der Waals surface area contributed by atoms with Gasteiger partial charge >= 0.3 is 45.5 Å². The van der Waals surface area contributed by atoms with Crippen molar-refractivity contribution < 1.29 is 34.3 Å². The van der Waals surface area contributed by atoms with Gasteiger partial charge in [0, 0.05) is 0 Å². The van der Waals surface area contributed by atoms with Gasteiger partial charge < -0.3 is 34.3 Å². The number of carbonyl (C=O) groups excluding carboxylic acids is 1. The minimum Gasteiger partial charge on any atom is -0.822 e. The molecular formula is CO7PSr-3. The van der Waals surface area contributed by atoms with E-state index in [0.29, 0.717) is 0 Å². The molecule has 0 bridgehead atoms. The van der Waals surface area contributed by atoms with Crippen molar-refractivity contribution in [2.24, 2.45) is 0 Å². The molecule has 7 nitrogen and oxygen atoms in total. The van der Waals surface area contributed by atoms with Crippen molar-refractivity contribution in [2.45, 2.75) is 0 Å². The van der Waals surface area contributed by atoms with Crippen LogP contribution in [-0.2, 0) is 4.57 Å². The van der Waals surface area contributed by atoms with Crippen LogP contribution in [0.1, 0.15) is 0 Å². The van der Waals surface area contributed by atoms with Crippen LogP contribution in [-0.4, -0.2) is 51.6 Å². The molecule has 56 valence electrons. The molecule has 0 fully saturated rings. The van der Waals surface area contributed by atoms with Gasteiger partial charge in [0.25, 0.3) is 0 Å². The zero-order valence-electron chi connectivity index (χ0n) is 4.51. The molecule has 0 rings (SSSR count). The summed E-state index contributed by atoms with van der Waals surface area (Å²) in [6, 6.07) is 0. The molecule has 0 aromatic carbocycles. The Morgan fingerprint density at radius 1 is 1.10 bits per heavy atom. The molecule has 0 N–H and O–H groups in total. The van der Waals surface area contributed by atoms with Gasteiger partial charge in [0.2, 0.25) is 0 Å². The number of carbonyl (C=O) groups is 1. The second-order valence-corrected chi connectivity index (χ2v) is 1.59. The second-order valence-electron chi connectivity index (χ2n) is 0.697. The Hall–Kier alpha value is 0.861. The third-order valence-corrected chi connectivity index (χ3v) is 0. The zero-order chi connectivity index (χ0) is 8.08. The molecule has 0 aliphatic carbocycles. The third kappa shape index (κ3) is 739. The minimum atomic E-state index is -5.39. The van der Waals surface area contributed by atoms with Crippen LogP contribution in [0, 0.1) is 0 Å². The van der Waals surface area contributed by atoms with E-state index in [1.165, 1.54) is 0 Å². The third-order valence-electron chi connectivity index (χ3n) is 0. The molecule has 9 heteroatoms. The minimum absolute atomic E-state index is 0. The van der Waals surface area contributed by atoms with Crippen LogP contribution in [0.2, 0.25) is 0 Å². The number of carboxylic acid groups (broad SMARTS) is 2. The Labute approximate surface area is 92.8 Å². The fraction of sp³-hybridized carbons (Fsp3) is 0. The van der Waals surface area contributed by atoms with Gasteiger partial charge in [-0.05, 0) is 6.16 Å². The summed E-state index contributed by atoms with van der Waals surface area (Å²) in [5, 5.41) is 16.7. The van der Waals surface area contributed by atoms with Gasteiger partial charge in [-0.2, -0.15) is 7.82 Å². The zero-order valence-corrected chi connectivity index (χ0v) is 8.88. The average molecular weight is 243 g/mol. The van der Waals surface area contributed by atoms with Gasteiger partial charge in [0.05, 0.1) is 0 Å². The van der Waals surface area contributed by atoms with Gasteiger partial charge in [0.15, 0.2) is 0 Å². The first-order chi connectivity index (χ1) is 3.73. The normalized spacial score (nSPS) is 8.30. The molecule has 0 aliphatic heterocycles. The Balaban J connectivity index is -0.0000000910. The maximum absolute atomic E-state index is 8.55. The fourth-order valence-electron chi connectivity index (χ4n) is 0.